The van der Waals surface area contributed by atoms with Crippen LogP contribution < -0.4 is 16.4 Å². The van der Waals surface area contributed by atoms with Crippen LogP contribution in [0, 0.1) is 0 Å². The van der Waals surface area contributed by atoms with E-state index in [0.717, 1.165) is 4.90 Å². The number of carbonyl (C=O) groups is 4. The zero-order valence-electron chi connectivity index (χ0n) is 17.4. The normalized spacial score (nSPS) is 16.5. The van der Waals surface area contributed by atoms with Gasteiger partial charge in [-0.25, -0.2) is 0 Å². The van der Waals surface area contributed by atoms with E-state index < -0.39 is 42.3 Å². The lowest BCUT2D eigenvalue weighted by atomic mass is 10.0. The zero-order chi connectivity index (χ0) is 23.4. The van der Waals surface area contributed by atoms with Crippen molar-refractivity contribution in [3.05, 3.63) is 53.6 Å². The number of phenols is 1. The van der Waals surface area contributed by atoms with E-state index in [-0.39, 0.29) is 29.8 Å². The first-order valence-corrected chi connectivity index (χ1v) is 9.94. The average Bonchev–Trinajstić information content (AvgIpc) is 2.79. The van der Waals surface area contributed by atoms with Crippen LogP contribution in [0.15, 0.2) is 42.5 Å². The number of benzene rings is 2. The lowest BCUT2D eigenvalue weighted by Crippen LogP contribution is -2.51. The smallest absolute Gasteiger partial charge is 0.305 e. The molecule has 0 aliphatic carbocycles. The molecule has 0 saturated carbocycles. The van der Waals surface area contributed by atoms with Gasteiger partial charge in [-0.2, -0.15) is 0 Å². The molecule has 2 unspecified atom stereocenters. The monoisotopic (exact) mass is 440 g/mol. The average molecular weight is 440 g/mol. The summed E-state index contributed by atoms with van der Waals surface area (Å²) in [7, 11) is 0. The number of amides is 3. The van der Waals surface area contributed by atoms with Crippen molar-refractivity contribution < 1.29 is 29.4 Å². The summed E-state index contributed by atoms with van der Waals surface area (Å²) in [6.07, 6.45) is -0.185. The van der Waals surface area contributed by atoms with Crippen molar-refractivity contribution in [2.75, 3.05) is 17.6 Å². The van der Waals surface area contributed by atoms with Gasteiger partial charge >= 0.3 is 5.97 Å². The number of hydrogen-bond donors (Lipinski definition) is 5. The first-order chi connectivity index (χ1) is 15.1. The molecule has 0 aromatic heterocycles. The maximum atomic E-state index is 13.4. The van der Waals surface area contributed by atoms with Crippen molar-refractivity contribution in [3.8, 4) is 5.75 Å². The van der Waals surface area contributed by atoms with Gasteiger partial charge in [0.05, 0.1) is 17.7 Å². The Balaban J connectivity index is 1.92. The summed E-state index contributed by atoms with van der Waals surface area (Å²) in [6, 6.07) is 8.99. The van der Waals surface area contributed by atoms with E-state index >= 15 is 0 Å². The Hall–Kier alpha value is -4.08. The van der Waals surface area contributed by atoms with E-state index in [9.17, 15) is 24.3 Å². The highest BCUT2D eigenvalue weighted by Crippen LogP contribution is 2.27. The van der Waals surface area contributed by atoms with Gasteiger partial charge in [0.2, 0.25) is 11.8 Å². The molecule has 32 heavy (non-hydrogen) atoms. The van der Waals surface area contributed by atoms with Crippen molar-refractivity contribution in [2.24, 2.45) is 0 Å². The third-order valence-electron chi connectivity index (χ3n) is 5.04. The van der Waals surface area contributed by atoms with Gasteiger partial charge in [0.15, 0.2) is 0 Å². The summed E-state index contributed by atoms with van der Waals surface area (Å²) >= 11 is 0. The summed E-state index contributed by atoms with van der Waals surface area (Å²) in [5, 5.41) is 23.7. The fourth-order valence-electron chi connectivity index (χ4n) is 3.53. The van der Waals surface area contributed by atoms with Gasteiger partial charge in [0.25, 0.3) is 5.91 Å². The molecule has 6 N–H and O–H groups in total. The number of aliphatic carboxylic acids is 1. The lowest BCUT2D eigenvalue weighted by molar-refractivity contribution is -0.137. The van der Waals surface area contributed by atoms with Crippen molar-refractivity contribution in [1.82, 2.24) is 10.2 Å². The maximum Gasteiger partial charge on any atom is 0.305 e. The summed E-state index contributed by atoms with van der Waals surface area (Å²) in [4.78, 5) is 51.0. The van der Waals surface area contributed by atoms with Crippen LogP contribution in [0.25, 0.3) is 0 Å². The Kier molecular flexibility index (Phi) is 6.62. The molecule has 2 aromatic rings. The third-order valence-corrected chi connectivity index (χ3v) is 5.04. The van der Waals surface area contributed by atoms with E-state index in [4.69, 9.17) is 10.8 Å². The van der Waals surface area contributed by atoms with E-state index in [0.29, 0.717) is 11.3 Å². The summed E-state index contributed by atoms with van der Waals surface area (Å²) in [5.74, 6) is -2.65. The molecule has 0 bridgehead atoms. The minimum Gasteiger partial charge on any atom is -0.508 e. The maximum absolute atomic E-state index is 13.4. The van der Waals surface area contributed by atoms with Gasteiger partial charge in [0.1, 0.15) is 18.3 Å². The molecular weight excluding hydrogens is 416 g/mol. The number of carboxylic acid groups (broad SMARTS) is 1. The Labute approximate surface area is 184 Å². The Morgan fingerprint density at radius 3 is 2.53 bits per heavy atom. The number of fused-ring (bicyclic) bond motifs is 1. The van der Waals surface area contributed by atoms with E-state index in [1.807, 2.05) is 0 Å². The number of rotatable bonds is 7. The van der Waals surface area contributed by atoms with Crippen LogP contribution in [0.4, 0.5) is 11.4 Å². The molecule has 2 aromatic carbocycles. The number of carboxylic acids is 1. The Morgan fingerprint density at radius 1 is 1.19 bits per heavy atom. The number of anilines is 2. The molecule has 0 fully saturated rings. The largest absolute Gasteiger partial charge is 0.508 e. The van der Waals surface area contributed by atoms with E-state index in [2.05, 4.69) is 10.6 Å². The molecular formula is C22H24N4O6. The van der Waals surface area contributed by atoms with Gasteiger partial charge in [-0.1, -0.05) is 12.1 Å². The molecule has 3 rings (SSSR count). The number of phenolic OH excluding ortho intramolecular Hbond substituents is 1. The van der Waals surface area contributed by atoms with Crippen LogP contribution in [-0.4, -0.2) is 57.4 Å². The minimum atomic E-state index is -1.07. The number of hydrogen-bond acceptors (Lipinski definition) is 6. The van der Waals surface area contributed by atoms with Crippen LogP contribution in [0.1, 0.15) is 29.3 Å². The summed E-state index contributed by atoms with van der Waals surface area (Å²) < 4.78 is 0. The van der Waals surface area contributed by atoms with Crippen molar-refractivity contribution >= 4 is 35.1 Å². The lowest BCUT2D eigenvalue weighted by Gasteiger charge is -2.29. The number of nitrogens with one attached hydrogen (secondary N) is 2. The molecule has 1 aliphatic heterocycles. The number of nitrogens with two attached hydrogens (primary N) is 1. The molecule has 1 aliphatic rings. The number of aromatic hydroxyl groups is 1. The van der Waals surface area contributed by atoms with Crippen LogP contribution in [0.3, 0.4) is 0 Å². The molecule has 1 heterocycles. The molecule has 0 spiro atoms. The quantitative estimate of drug-likeness (QED) is 0.400. The van der Waals surface area contributed by atoms with E-state index in [1.54, 1.807) is 18.2 Å². The summed E-state index contributed by atoms with van der Waals surface area (Å²) in [6.45, 7) is 1.08. The van der Waals surface area contributed by atoms with Gasteiger partial charge < -0.3 is 31.5 Å². The van der Waals surface area contributed by atoms with Gasteiger partial charge in [-0.15, -0.1) is 0 Å². The second-order valence-electron chi connectivity index (χ2n) is 7.68. The number of carbonyl (C=O) groups excluding carboxylic acids is 3. The standard InChI is InChI=1S/C22H24N4O6/c1-12(8-20(29)30)24-19(28)11-26-18(9-13-2-5-15(27)6-3-13)21(31)25-17-7-4-14(23)10-16(17)22(26)32/h2-7,10,12,18,27H,8-9,11,23H2,1H3,(H,24,28)(H,25,31)(H,29,30). The van der Waals surface area contributed by atoms with Crippen molar-refractivity contribution in [2.45, 2.75) is 31.8 Å². The Morgan fingerprint density at radius 2 is 1.88 bits per heavy atom. The van der Waals surface area contributed by atoms with Crippen molar-refractivity contribution in [3.63, 3.8) is 0 Å². The molecule has 10 nitrogen and oxygen atoms in total. The predicted molar refractivity (Wildman–Crippen MR) is 116 cm³/mol. The number of nitrogen functional groups attached to an aromatic ring is 1. The number of nitrogens with zero attached hydrogens (tertiary/aromatic N) is 1. The van der Waals surface area contributed by atoms with Crippen LogP contribution in [-0.2, 0) is 20.8 Å². The van der Waals surface area contributed by atoms with Crippen LogP contribution >= 0.6 is 0 Å². The third kappa shape index (κ3) is 5.34. The zero-order valence-corrected chi connectivity index (χ0v) is 17.4. The molecule has 0 radical (unpaired) electrons. The second kappa shape index (κ2) is 9.38. The first-order valence-electron chi connectivity index (χ1n) is 9.94. The minimum absolute atomic E-state index is 0.0571. The highest BCUT2D eigenvalue weighted by Gasteiger charge is 2.36. The fourth-order valence-corrected chi connectivity index (χ4v) is 3.53. The molecule has 168 valence electrons. The van der Waals surface area contributed by atoms with Gasteiger partial charge in [-0.3, -0.25) is 19.2 Å². The highest BCUT2D eigenvalue weighted by molar-refractivity contribution is 6.11. The topological polar surface area (TPSA) is 162 Å². The SMILES string of the molecule is CC(CC(=O)O)NC(=O)CN1C(=O)c2cc(N)ccc2NC(=O)C1Cc1ccc(O)cc1. The second-order valence-corrected chi connectivity index (χ2v) is 7.68. The molecule has 0 saturated heterocycles. The van der Waals surface area contributed by atoms with Crippen LogP contribution in [0.5, 0.6) is 5.75 Å². The molecule has 3 amide bonds. The Bertz CT molecular complexity index is 1050. The van der Waals surface area contributed by atoms with E-state index in [1.165, 1.54) is 31.2 Å². The predicted octanol–water partition coefficient (Wildman–Crippen LogP) is 0.959. The molecule has 2 atom stereocenters. The summed E-state index contributed by atoms with van der Waals surface area (Å²) in [5.41, 5.74) is 7.25. The first kappa shape index (κ1) is 22.6. The van der Waals surface area contributed by atoms with Gasteiger partial charge in [0, 0.05) is 18.2 Å². The van der Waals surface area contributed by atoms with Crippen LogP contribution in [0.2, 0.25) is 0 Å². The molecule has 10 heteroatoms. The fraction of sp³-hybridized carbons (Fsp3) is 0.273. The van der Waals surface area contributed by atoms with Crippen molar-refractivity contribution in [1.29, 1.82) is 0 Å². The highest BCUT2D eigenvalue weighted by atomic mass is 16.4. The van der Waals surface area contributed by atoms with Gasteiger partial charge in [-0.05, 0) is 42.8 Å².